The average Bonchev–Trinajstić information content (AvgIpc) is 3.13. The van der Waals surface area contributed by atoms with E-state index in [0.29, 0.717) is 12.0 Å². The van der Waals surface area contributed by atoms with Gasteiger partial charge in [0, 0.05) is 47.7 Å². The van der Waals surface area contributed by atoms with Gasteiger partial charge in [0.15, 0.2) is 5.65 Å². The summed E-state index contributed by atoms with van der Waals surface area (Å²) >= 11 is 0. The van der Waals surface area contributed by atoms with Crippen LogP contribution >= 0.6 is 0 Å². The Bertz CT molecular complexity index is 1060. The molecule has 7 heteroatoms. The number of H-pyrrole nitrogens is 1. The summed E-state index contributed by atoms with van der Waals surface area (Å²) in [6.45, 7) is 9.14. The summed E-state index contributed by atoms with van der Waals surface area (Å²) in [7, 11) is 0. The first-order chi connectivity index (χ1) is 12.1. The molecular weight excluding hydrogens is 314 g/mol. The van der Waals surface area contributed by atoms with Crippen molar-refractivity contribution in [1.82, 2.24) is 29.5 Å². The van der Waals surface area contributed by atoms with E-state index in [1.807, 2.05) is 32.4 Å². The Kier molecular flexibility index (Phi) is 3.63. The summed E-state index contributed by atoms with van der Waals surface area (Å²) in [4.78, 5) is 21.2. The van der Waals surface area contributed by atoms with Gasteiger partial charge in [-0.25, -0.2) is 15.0 Å². The molecule has 4 heterocycles. The maximum Gasteiger partial charge on any atom is 0.224 e. The lowest BCUT2D eigenvalue weighted by molar-refractivity contribution is 0.600. The molecule has 0 unspecified atom stereocenters. The first-order valence-corrected chi connectivity index (χ1v) is 8.51. The number of pyridine rings is 1. The third kappa shape index (κ3) is 2.52. The first-order valence-electron chi connectivity index (χ1n) is 8.51. The van der Waals surface area contributed by atoms with Crippen molar-refractivity contribution in [3.8, 4) is 11.1 Å². The number of nitrogens with one attached hydrogen (secondary N) is 2. The van der Waals surface area contributed by atoms with E-state index in [1.165, 1.54) is 0 Å². The summed E-state index contributed by atoms with van der Waals surface area (Å²) in [5.74, 6) is 1.61. The minimum Gasteiger partial charge on any atom is -0.354 e. The quantitative estimate of drug-likeness (QED) is 0.594. The van der Waals surface area contributed by atoms with E-state index in [-0.39, 0.29) is 0 Å². The van der Waals surface area contributed by atoms with Crippen molar-refractivity contribution in [3.05, 3.63) is 30.5 Å². The van der Waals surface area contributed by atoms with Crippen molar-refractivity contribution < 1.29 is 0 Å². The fourth-order valence-electron chi connectivity index (χ4n) is 3.28. The van der Waals surface area contributed by atoms with Crippen LogP contribution in [0.3, 0.4) is 0 Å². The molecule has 0 bridgehead atoms. The Hall–Kier alpha value is -2.96. The van der Waals surface area contributed by atoms with Gasteiger partial charge in [0.1, 0.15) is 11.5 Å². The molecule has 0 radical (unpaired) electrons. The number of aryl methyl sites for hydroxylation is 1. The molecule has 4 aromatic heterocycles. The molecule has 0 aliphatic rings. The van der Waals surface area contributed by atoms with Gasteiger partial charge in [0.2, 0.25) is 5.95 Å². The molecule has 0 aromatic carbocycles. The number of aromatic nitrogens is 6. The highest BCUT2D eigenvalue weighted by Gasteiger charge is 2.14. The SMILES string of the molecule is CCNc1ncc2c(-c3cnc4nc(C)n(C(C)C)c4c3)c[nH]c2n1. The van der Waals surface area contributed by atoms with Crippen LogP contribution in [0.15, 0.2) is 24.7 Å². The zero-order chi connectivity index (χ0) is 17.6. The number of anilines is 1. The highest BCUT2D eigenvalue weighted by molar-refractivity contribution is 5.95. The lowest BCUT2D eigenvalue weighted by Gasteiger charge is -2.10. The second kappa shape index (κ2) is 5.84. The van der Waals surface area contributed by atoms with Crippen LogP contribution in [0.5, 0.6) is 0 Å². The molecule has 4 aromatic rings. The molecule has 0 amide bonds. The van der Waals surface area contributed by atoms with Crippen LogP contribution in [0.1, 0.15) is 32.6 Å². The van der Waals surface area contributed by atoms with Gasteiger partial charge in [-0.2, -0.15) is 4.98 Å². The Morgan fingerprint density at radius 2 is 2.04 bits per heavy atom. The molecule has 0 aliphatic heterocycles. The van der Waals surface area contributed by atoms with Gasteiger partial charge in [-0.3, -0.25) is 0 Å². The van der Waals surface area contributed by atoms with Crippen molar-refractivity contribution in [2.45, 2.75) is 33.7 Å². The molecule has 0 saturated carbocycles. The van der Waals surface area contributed by atoms with Crippen LogP contribution in [-0.2, 0) is 0 Å². The van der Waals surface area contributed by atoms with E-state index in [9.17, 15) is 0 Å². The summed E-state index contributed by atoms with van der Waals surface area (Å²) < 4.78 is 2.21. The summed E-state index contributed by atoms with van der Waals surface area (Å²) in [6, 6.07) is 2.47. The zero-order valence-corrected chi connectivity index (χ0v) is 14.8. The normalized spacial score (nSPS) is 11.7. The van der Waals surface area contributed by atoms with Crippen molar-refractivity contribution in [1.29, 1.82) is 0 Å². The van der Waals surface area contributed by atoms with E-state index in [1.54, 1.807) is 0 Å². The minimum absolute atomic E-state index is 0.330. The van der Waals surface area contributed by atoms with Gasteiger partial charge in [0.05, 0.1) is 5.52 Å². The van der Waals surface area contributed by atoms with E-state index < -0.39 is 0 Å². The Morgan fingerprint density at radius 1 is 1.20 bits per heavy atom. The molecule has 0 atom stereocenters. The van der Waals surface area contributed by atoms with E-state index in [0.717, 1.165) is 45.7 Å². The maximum absolute atomic E-state index is 4.56. The third-order valence-electron chi connectivity index (χ3n) is 4.32. The van der Waals surface area contributed by atoms with Crippen LogP contribution in [0, 0.1) is 6.92 Å². The predicted molar refractivity (Wildman–Crippen MR) is 99.7 cm³/mol. The summed E-state index contributed by atoms with van der Waals surface area (Å²) in [6.07, 6.45) is 5.67. The van der Waals surface area contributed by atoms with E-state index >= 15 is 0 Å². The number of rotatable bonds is 4. The molecule has 25 heavy (non-hydrogen) atoms. The standard InChI is InChI=1S/C18H21N7/c1-5-19-18-22-9-14-13(8-21-16(14)24-18)12-6-15-17(20-7-12)23-11(4)25(15)10(2)3/h6-10H,5H2,1-4H3,(H2,19,21,22,24). The van der Waals surface area contributed by atoms with Crippen molar-refractivity contribution in [3.63, 3.8) is 0 Å². The van der Waals surface area contributed by atoms with Crippen LogP contribution in [0.25, 0.3) is 33.3 Å². The van der Waals surface area contributed by atoms with Gasteiger partial charge in [0.25, 0.3) is 0 Å². The molecular formula is C18H21N7. The average molecular weight is 335 g/mol. The van der Waals surface area contributed by atoms with E-state index in [4.69, 9.17) is 0 Å². The molecule has 2 N–H and O–H groups in total. The molecule has 0 spiro atoms. The van der Waals surface area contributed by atoms with Gasteiger partial charge in [-0.1, -0.05) is 0 Å². The van der Waals surface area contributed by atoms with Crippen LogP contribution in [0.4, 0.5) is 5.95 Å². The largest absolute Gasteiger partial charge is 0.354 e. The van der Waals surface area contributed by atoms with Gasteiger partial charge in [-0.15, -0.1) is 0 Å². The maximum atomic E-state index is 4.56. The van der Waals surface area contributed by atoms with Crippen molar-refractivity contribution in [2.75, 3.05) is 11.9 Å². The molecule has 4 rings (SSSR count). The Morgan fingerprint density at radius 3 is 2.80 bits per heavy atom. The molecule has 0 saturated heterocycles. The van der Waals surface area contributed by atoms with Crippen LogP contribution in [-0.4, -0.2) is 36.0 Å². The smallest absolute Gasteiger partial charge is 0.224 e. The number of imidazole rings is 1. The topological polar surface area (TPSA) is 84.3 Å². The lowest BCUT2D eigenvalue weighted by Crippen LogP contribution is -2.02. The fraction of sp³-hybridized carbons (Fsp3) is 0.333. The van der Waals surface area contributed by atoms with E-state index in [2.05, 4.69) is 54.7 Å². The van der Waals surface area contributed by atoms with Gasteiger partial charge < -0.3 is 14.9 Å². The second-order valence-electron chi connectivity index (χ2n) is 6.38. The van der Waals surface area contributed by atoms with Crippen LogP contribution < -0.4 is 5.32 Å². The van der Waals surface area contributed by atoms with Crippen molar-refractivity contribution in [2.24, 2.45) is 0 Å². The molecule has 7 nitrogen and oxygen atoms in total. The predicted octanol–water partition coefficient (Wildman–Crippen LogP) is 3.69. The van der Waals surface area contributed by atoms with Gasteiger partial charge in [-0.05, 0) is 33.8 Å². The van der Waals surface area contributed by atoms with Crippen LogP contribution in [0.2, 0.25) is 0 Å². The third-order valence-corrected chi connectivity index (χ3v) is 4.32. The molecule has 0 aliphatic carbocycles. The molecule has 0 fully saturated rings. The number of hydrogen-bond donors (Lipinski definition) is 2. The molecule has 128 valence electrons. The summed E-state index contributed by atoms with van der Waals surface area (Å²) in [5.41, 5.74) is 4.71. The number of fused-ring (bicyclic) bond motifs is 2. The minimum atomic E-state index is 0.330. The summed E-state index contributed by atoms with van der Waals surface area (Å²) in [5, 5.41) is 4.11. The Balaban J connectivity index is 1.87. The highest BCUT2D eigenvalue weighted by atomic mass is 15.1. The number of hydrogen-bond acceptors (Lipinski definition) is 5. The lowest BCUT2D eigenvalue weighted by atomic mass is 10.1. The Labute approximate surface area is 145 Å². The first kappa shape index (κ1) is 15.6. The highest BCUT2D eigenvalue weighted by Crippen LogP contribution is 2.30. The fourth-order valence-corrected chi connectivity index (χ4v) is 3.28. The van der Waals surface area contributed by atoms with Crippen molar-refractivity contribution >= 4 is 28.1 Å². The second-order valence-corrected chi connectivity index (χ2v) is 6.38. The monoisotopic (exact) mass is 335 g/mol. The van der Waals surface area contributed by atoms with Gasteiger partial charge >= 0.3 is 0 Å². The zero-order valence-electron chi connectivity index (χ0n) is 14.8. The number of nitrogens with zero attached hydrogens (tertiary/aromatic N) is 5. The number of aromatic amines is 1.